The van der Waals surface area contributed by atoms with Gasteiger partial charge in [0.2, 0.25) is 5.91 Å². The first-order chi connectivity index (χ1) is 15.1. The average Bonchev–Trinajstić information content (AvgIpc) is 3.32. The van der Waals surface area contributed by atoms with Gasteiger partial charge in [0.05, 0.1) is 16.7 Å². The normalized spacial score (nSPS) is 14.1. The Hall–Kier alpha value is -2.93. The van der Waals surface area contributed by atoms with Crippen molar-refractivity contribution in [3.63, 3.8) is 0 Å². The van der Waals surface area contributed by atoms with Gasteiger partial charge in [0.25, 0.3) is 5.56 Å². The van der Waals surface area contributed by atoms with E-state index in [0.29, 0.717) is 33.7 Å². The highest BCUT2D eigenvalue weighted by Gasteiger charge is 2.23. The number of aromatic nitrogens is 2. The molecular weight excluding hydrogens is 410 g/mol. The maximum atomic E-state index is 13.2. The lowest BCUT2D eigenvalue weighted by molar-refractivity contribution is -0.115. The zero-order valence-electron chi connectivity index (χ0n) is 17.5. The molecule has 31 heavy (non-hydrogen) atoms. The highest BCUT2D eigenvalue weighted by atomic mass is 32.2. The van der Waals surface area contributed by atoms with Crippen molar-refractivity contribution in [2.45, 2.75) is 50.2 Å². The van der Waals surface area contributed by atoms with Crippen LogP contribution in [0.25, 0.3) is 10.9 Å². The van der Waals surface area contributed by atoms with Crippen molar-refractivity contribution in [2.75, 3.05) is 11.1 Å². The number of ketones is 1. The topological polar surface area (TPSA) is 81.1 Å². The third kappa shape index (κ3) is 4.71. The monoisotopic (exact) mass is 435 g/mol. The third-order valence-corrected chi connectivity index (χ3v) is 6.56. The second kappa shape index (κ2) is 9.47. The molecule has 1 saturated carbocycles. The molecule has 1 amide bonds. The molecule has 0 radical (unpaired) electrons. The average molecular weight is 436 g/mol. The summed E-state index contributed by atoms with van der Waals surface area (Å²) in [6, 6.07) is 14.4. The smallest absolute Gasteiger partial charge is 0.262 e. The van der Waals surface area contributed by atoms with E-state index in [-0.39, 0.29) is 29.0 Å². The van der Waals surface area contributed by atoms with Crippen molar-refractivity contribution in [3.05, 3.63) is 64.4 Å². The largest absolute Gasteiger partial charge is 0.326 e. The van der Waals surface area contributed by atoms with E-state index < -0.39 is 0 Å². The van der Waals surface area contributed by atoms with E-state index in [9.17, 15) is 14.4 Å². The number of anilines is 1. The van der Waals surface area contributed by atoms with Crippen LogP contribution in [-0.4, -0.2) is 27.0 Å². The van der Waals surface area contributed by atoms with Crippen molar-refractivity contribution in [1.82, 2.24) is 9.55 Å². The molecule has 1 aliphatic rings. The maximum absolute atomic E-state index is 13.2. The number of carbonyl (C=O) groups is 2. The van der Waals surface area contributed by atoms with Crippen molar-refractivity contribution in [3.8, 4) is 0 Å². The highest BCUT2D eigenvalue weighted by Crippen LogP contribution is 2.32. The van der Waals surface area contributed by atoms with Crippen LogP contribution in [0.5, 0.6) is 0 Å². The van der Waals surface area contributed by atoms with Gasteiger partial charge in [-0.05, 0) is 49.2 Å². The number of hydrogen-bond donors (Lipinski definition) is 1. The van der Waals surface area contributed by atoms with Crippen molar-refractivity contribution >= 4 is 40.0 Å². The Morgan fingerprint density at radius 2 is 1.81 bits per heavy atom. The van der Waals surface area contributed by atoms with Crippen LogP contribution in [0.4, 0.5) is 5.69 Å². The Labute approximate surface area is 185 Å². The number of carbonyl (C=O) groups excluding carboxylic acids is 2. The molecule has 7 heteroatoms. The lowest BCUT2D eigenvalue weighted by atomic mass is 10.1. The summed E-state index contributed by atoms with van der Waals surface area (Å²) in [6.45, 7) is 1.79. The number of thioether (sulfide) groups is 1. The Morgan fingerprint density at radius 3 is 2.52 bits per heavy atom. The van der Waals surface area contributed by atoms with E-state index in [4.69, 9.17) is 4.98 Å². The molecule has 160 valence electrons. The molecule has 0 bridgehead atoms. The molecular formula is C24H25N3O3S. The zero-order chi connectivity index (χ0) is 21.8. The first-order valence-corrected chi connectivity index (χ1v) is 11.6. The van der Waals surface area contributed by atoms with E-state index in [1.165, 1.54) is 11.8 Å². The number of benzene rings is 2. The maximum Gasteiger partial charge on any atom is 0.262 e. The summed E-state index contributed by atoms with van der Waals surface area (Å²) in [7, 11) is 0. The van der Waals surface area contributed by atoms with Crippen molar-refractivity contribution in [2.24, 2.45) is 0 Å². The SMILES string of the molecule is CCC(=O)Nc1ccc(C(=O)CSc2nc3ccccc3c(=O)n2C2CCCC2)cc1. The molecule has 1 fully saturated rings. The van der Waals surface area contributed by atoms with E-state index in [1.807, 2.05) is 24.3 Å². The Kier molecular flexibility index (Phi) is 6.51. The van der Waals surface area contributed by atoms with Crippen molar-refractivity contribution in [1.29, 1.82) is 0 Å². The number of rotatable bonds is 7. The predicted molar refractivity (Wildman–Crippen MR) is 124 cm³/mol. The summed E-state index contributed by atoms with van der Waals surface area (Å²) in [5, 5.41) is 4.00. The Bertz CT molecular complexity index is 1160. The molecule has 0 aliphatic heterocycles. The van der Waals surface area contributed by atoms with E-state index >= 15 is 0 Å². The van der Waals surface area contributed by atoms with Gasteiger partial charge < -0.3 is 5.32 Å². The van der Waals surface area contributed by atoms with Gasteiger partial charge in [0.1, 0.15) is 0 Å². The van der Waals surface area contributed by atoms with Crippen LogP contribution in [-0.2, 0) is 4.79 Å². The molecule has 0 saturated heterocycles. The number of nitrogens with one attached hydrogen (secondary N) is 1. The van der Waals surface area contributed by atoms with Crippen LogP contribution >= 0.6 is 11.8 Å². The number of para-hydroxylation sites is 1. The van der Waals surface area contributed by atoms with Gasteiger partial charge in [0.15, 0.2) is 10.9 Å². The molecule has 0 unspecified atom stereocenters. The summed E-state index contributed by atoms with van der Waals surface area (Å²) >= 11 is 1.32. The number of nitrogens with zero attached hydrogens (tertiary/aromatic N) is 2. The molecule has 3 aromatic rings. The fourth-order valence-electron chi connectivity index (χ4n) is 3.91. The summed E-state index contributed by atoms with van der Waals surface area (Å²) in [4.78, 5) is 42.2. The van der Waals surface area contributed by atoms with Crippen molar-refractivity contribution < 1.29 is 9.59 Å². The number of fused-ring (bicyclic) bond motifs is 1. The summed E-state index contributed by atoms with van der Waals surface area (Å²) in [6.07, 6.45) is 4.54. The fraction of sp³-hybridized carbons (Fsp3) is 0.333. The lowest BCUT2D eigenvalue weighted by Crippen LogP contribution is -2.26. The van der Waals surface area contributed by atoms with Crippen LogP contribution in [0.15, 0.2) is 58.5 Å². The van der Waals surface area contributed by atoms with Gasteiger partial charge in [-0.1, -0.05) is 43.7 Å². The molecule has 1 aromatic heterocycles. The minimum absolute atomic E-state index is 0.0246. The lowest BCUT2D eigenvalue weighted by Gasteiger charge is -2.18. The van der Waals surface area contributed by atoms with Gasteiger partial charge in [-0.15, -0.1) is 0 Å². The predicted octanol–water partition coefficient (Wildman–Crippen LogP) is 4.84. The van der Waals surface area contributed by atoms with Crippen LogP contribution in [0.1, 0.15) is 55.4 Å². The molecule has 0 atom stereocenters. The first-order valence-electron chi connectivity index (χ1n) is 10.6. The quantitative estimate of drug-likeness (QED) is 0.326. The number of amides is 1. The van der Waals surface area contributed by atoms with Crippen LogP contribution in [0.3, 0.4) is 0 Å². The van der Waals surface area contributed by atoms with E-state index in [0.717, 1.165) is 25.7 Å². The fourth-order valence-corrected chi connectivity index (χ4v) is 4.87. The summed E-state index contributed by atoms with van der Waals surface area (Å²) < 4.78 is 1.80. The minimum atomic E-state index is -0.0677. The van der Waals surface area contributed by atoms with Gasteiger partial charge in [-0.2, -0.15) is 0 Å². The Balaban J connectivity index is 1.55. The standard InChI is InChI=1S/C24H25N3O3S/c1-2-22(29)25-17-13-11-16(12-14-17)21(28)15-31-24-26-20-10-6-5-9-19(20)23(30)27(24)18-7-3-4-8-18/h5-6,9-14,18H,2-4,7-8,15H2,1H3,(H,25,29). The van der Waals surface area contributed by atoms with E-state index in [1.54, 1.807) is 35.8 Å². The molecule has 6 nitrogen and oxygen atoms in total. The molecule has 4 rings (SSSR count). The van der Waals surface area contributed by atoms with Crippen LogP contribution in [0, 0.1) is 0 Å². The van der Waals surface area contributed by atoms with Gasteiger partial charge in [-0.3, -0.25) is 19.0 Å². The molecule has 0 spiro atoms. The van der Waals surface area contributed by atoms with Crippen LogP contribution < -0.4 is 10.9 Å². The number of hydrogen-bond acceptors (Lipinski definition) is 5. The second-order valence-corrected chi connectivity index (χ2v) is 8.66. The second-order valence-electron chi connectivity index (χ2n) is 7.72. The molecule has 1 N–H and O–H groups in total. The molecule has 1 heterocycles. The molecule has 1 aliphatic carbocycles. The summed E-state index contributed by atoms with van der Waals surface area (Å²) in [5.74, 6) is 0.0821. The van der Waals surface area contributed by atoms with E-state index in [2.05, 4.69) is 5.32 Å². The Morgan fingerprint density at radius 1 is 1.10 bits per heavy atom. The van der Waals surface area contributed by atoms with Gasteiger partial charge >= 0.3 is 0 Å². The van der Waals surface area contributed by atoms with Crippen LogP contribution in [0.2, 0.25) is 0 Å². The number of Topliss-reactive ketones (excluding diaryl/α,β-unsaturated/α-hetero) is 1. The highest BCUT2D eigenvalue weighted by molar-refractivity contribution is 7.99. The minimum Gasteiger partial charge on any atom is -0.326 e. The third-order valence-electron chi connectivity index (χ3n) is 5.61. The van der Waals surface area contributed by atoms with Gasteiger partial charge in [0, 0.05) is 23.7 Å². The molecule has 2 aromatic carbocycles. The van der Waals surface area contributed by atoms with Gasteiger partial charge in [-0.25, -0.2) is 4.98 Å². The first kappa shape index (κ1) is 21.3. The summed E-state index contributed by atoms with van der Waals surface area (Å²) in [5.41, 5.74) is 1.87. The zero-order valence-corrected chi connectivity index (χ0v) is 18.3.